The standard InChI is InChI=1S/C9H16N4O3/c1-4-6(3-7(14)15)8(16)13-5(2)11-12-9(13)10-4/h4-6,9-12H,3H2,1-2H3,(H,14,15). The molecule has 2 rings (SSSR count). The number of hydrogen-bond acceptors (Lipinski definition) is 5. The van der Waals surface area contributed by atoms with Gasteiger partial charge in [-0.3, -0.25) is 19.8 Å². The maximum atomic E-state index is 12.1. The van der Waals surface area contributed by atoms with Gasteiger partial charge in [-0.05, 0) is 13.8 Å². The van der Waals surface area contributed by atoms with E-state index in [1.165, 1.54) is 0 Å². The molecule has 0 spiro atoms. The lowest BCUT2D eigenvalue weighted by Gasteiger charge is -2.39. The average Bonchev–Trinajstić information content (AvgIpc) is 2.54. The second kappa shape index (κ2) is 4.00. The molecule has 2 fully saturated rings. The topological polar surface area (TPSA) is 93.7 Å². The summed E-state index contributed by atoms with van der Waals surface area (Å²) in [5.41, 5.74) is 5.87. The zero-order valence-electron chi connectivity index (χ0n) is 9.23. The minimum absolute atomic E-state index is 0.122. The molecule has 16 heavy (non-hydrogen) atoms. The Morgan fingerprint density at radius 3 is 2.75 bits per heavy atom. The van der Waals surface area contributed by atoms with Gasteiger partial charge < -0.3 is 5.11 Å². The highest BCUT2D eigenvalue weighted by Crippen LogP contribution is 2.22. The van der Waals surface area contributed by atoms with Crippen molar-refractivity contribution in [2.75, 3.05) is 0 Å². The molecule has 0 aliphatic carbocycles. The quantitative estimate of drug-likeness (QED) is 0.466. The van der Waals surface area contributed by atoms with Crippen LogP contribution in [-0.2, 0) is 9.59 Å². The van der Waals surface area contributed by atoms with E-state index in [0.717, 1.165) is 0 Å². The van der Waals surface area contributed by atoms with Gasteiger partial charge >= 0.3 is 5.97 Å². The van der Waals surface area contributed by atoms with Gasteiger partial charge in [0.2, 0.25) is 5.91 Å². The fourth-order valence-electron chi connectivity index (χ4n) is 2.23. The lowest BCUT2D eigenvalue weighted by Crippen LogP contribution is -2.64. The Hall–Kier alpha value is -1.18. The van der Waals surface area contributed by atoms with E-state index in [4.69, 9.17) is 5.11 Å². The SMILES string of the molecule is CC1NC2NNC(C)N2C(=O)C1CC(=O)O. The smallest absolute Gasteiger partial charge is 0.304 e. The van der Waals surface area contributed by atoms with Crippen LogP contribution in [-0.4, -0.2) is 40.4 Å². The number of aliphatic carboxylic acids is 1. The molecule has 7 heteroatoms. The molecule has 0 aromatic carbocycles. The molecular weight excluding hydrogens is 212 g/mol. The molecule has 2 aliphatic heterocycles. The van der Waals surface area contributed by atoms with Crippen molar-refractivity contribution >= 4 is 11.9 Å². The van der Waals surface area contributed by atoms with Crippen molar-refractivity contribution in [3.05, 3.63) is 0 Å². The zero-order valence-corrected chi connectivity index (χ0v) is 9.23. The van der Waals surface area contributed by atoms with Crippen LogP contribution in [0.1, 0.15) is 20.3 Å². The van der Waals surface area contributed by atoms with Crippen LogP contribution in [0.5, 0.6) is 0 Å². The van der Waals surface area contributed by atoms with Crippen molar-refractivity contribution in [3.63, 3.8) is 0 Å². The van der Waals surface area contributed by atoms with Crippen LogP contribution >= 0.6 is 0 Å². The van der Waals surface area contributed by atoms with Gasteiger partial charge in [0.05, 0.1) is 18.5 Å². The Morgan fingerprint density at radius 2 is 2.12 bits per heavy atom. The summed E-state index contributed by atoms with van der Waals surface area (Å²) < 4.78 is 0. The number of fused-ring (bicyclic) bond motifs is 1. The van der Waals surface area contributed by atoms with Crippen molar-refractivity contribution < 1.29 is 14.7 Å². The number of nitrogens with one attached hydrogen (secondary N) is 3. The molecule has 4 N–H and O–H groups in total. The Balaban J connectivity index is 2.15. The lowest BCUT2D eigenvalue weighted by atomic mass is 9.93. The highest BCUT2D eigenvalue weighted by molar-refractivity contribution is 5.85. The Morgan fingerprint density at radius 1 is 1.44 bits per heavy atom. The molecule has 1 amide bonds. The van der Waals surface area contributed by atoms with Gasteiger partial charge in [0.25, 0.3) is 0 Å². The van der Waals surface area contributed by atoms with Crippen LogP contribution in [0.2, 0.25) is 0 Å². The van der Waals surface area contributed by atoms with Crippen molar-refractivity contribution in [2.45, 2.75) is 38.8 Å². The molecule has 2 saturated heterocycles. The van der Waals surface area contributed by atoms with Crippen LogP contribution in [0.25, 0.3) is 0 Å². The molecule has 7 nitrogen and oxygen atoms in total. The second-order valence-corrected chi connectivity index (χ2v) is 4.27. The largest absolute Gasteiger partial charge is 0.481 e. The minimum atomic E-state index is -0.946. The number of carboxylic acid groups (broad SMARTS) is 1. The Bertz CT molecular complexity index is 322. The third-order valence-corrected chi connectivity index (χ3v) is 3.11. The molecule has 0 aromatic heterocycles. The molecule has 4 atom stereocenters. The van der Waals surface area contributed by atoms with Gasteiger partial charge in [0.15, 0.2) is 6.29 Å². The first kappa shape index (κ1) is 11.3. The maximum Gasteiger partial charge on any atom is 0.304 e. The summed E-state index contributed by atoms with van der Waals surface area (Å²) in [5.74, 6) is -1.57. The van der Waals surface area contributed by atoms with Gasteiger partial charge in [0, 0.05) is 6.04 Å². The first-order valence-electron chi connectivity index (χ1n) is 5.32. The predicted molar refractivity (Wildman–Crippen MR) is 54.7 cm³/mol. The molecule has 2 aliphatic rings. The molecule has 4 unspecified atom stereocenters. The molecule has 0 aromatic rings. The first-order valence-corrected chi connectivity index (χ1v) is 5.32. The van der Waals surface area contributed by atoms with E-state index in [2.05, 4.69) is 16.2 Å². The van der Waals surface area contributed by atoms with Crippen LogP contribution in [0.15, 0.2) is 0 Å². The number of carbonyl (C=O) groups excluding carboxylic acids is 1. The zero-order chi connectivity index (χ0) is 11.9. The molecule has 2 heterocycles. The van der Waals surface area contributed by atoms with Crippen LogP contribution in [0, 0.1) is 5.92 Å². The number of carbonyl (C=O) groups is 2. The van der Waals surface area contributed by atoms with E-state index in [-0.39, 0.29) is 30.8 Å². The van der Waals surface area contributed by atoms with E-state index in [1.54, 1.807) is 4.90 Å². The highest BCUT2D eigenvalue weighted by Gasteiger charge is 2.45. The summed E-state index contributed by atoms with van der Waals surface area (Å²) >= 11 is 0. The van der Waals surface area contributed by atoms with Crippen LogP contribution in [0.3, 0.4) is 0 Å². The summed E-state index contributed by atoms with van der Waals surface area (Å²) in [7, 11) is 0. The third kappa shape index (κ3) is 1.77. The Labute approximate surface area is 93.1 Å². The molecule has 0 radical (unpaired) electrons. The van der Waals surface area contributed by atoms with E-state index >= 15 is 0 Å². The maximum absolute atomic E-state index is 12.1. The lowest BCUT2D eigenvalue weighted by molar-refractivity contribution is -0.151. The second-order valence-electron chi connectivity index (χ2n) is 4.27. The van der Waals surface area contributed by atoms with Crippen molar-refractivity contribution in [1.29, 1.82) is 0 Å². The third-order valence-electron chi connectivity index (χ3n) is 3.11. The monoisotopic (exact) mass is 228 g/mol. The number of hydrazine groups is 1. The Kier molecular flexibility index (Phi) is 2.83. The van der Waals surface area contributed by atoms with Gasteiger partial charge in [-0.1, -0.05) is 0 Å². The fraction of sp³-hybridized carbons (Fsp3) is 0.778. The van der Waals surface area contributed by atoms with E-state index < -0.39 is 11.9 Å². The van der Waals surface area contributed by atoms with Crippen molar-refractivity contribution in [3.8, 4) is 0 Å². The van der Waals surface area contributed by atoms with Gasteiger partial charge in [-0.2, -0.15) is 0 Å². The van der Waals surface area contributed by atoms with Gasteiger partial charge in [-0.25, -0.2) is 10.9 Å². The van der Waals surface area contributed by atoms with E-state index in [1.807, 2.05) is 13.8 Å². The number of rotatable bonds is 2. The summed E-state index contributed by atoms with van der Waals surface area (Å²) in [5, 5.41) is 11.9. The van der Waals surface area contributed by atoms with Crippen molar-refractivity contribution in [2.24, 2.45) is 5.92 Å². The summed E-state index contributed by atoms with van der Waals surface area (Å²) in [6.07, 6.45) is -0.514. The molecule has 90 valence electrons. The predicted octanol–water partition coefficient (Wildman–Crippen LogP) is -1.36. The fourth-order valence-corrected chi connectivity index (χ4v) is 2.23. The highest BCUT2D eigenvalue weighted by atomic mass is 16.4. The van der Waals surface area contributed by atoms with Crippen molar-refractivity contribution in [1.82, 2.24) is 21.1 Å². The van der Waals surface area contributed by atoms with Gasteiger partial charge in [-0.15, -0.1) is 0 Å². The summed E-state index contributed by atoms with van der Waals surface area (Å²) in [6, 6.07) is -0.149. The number of hydrogen-bond donors (Lipinski definition) is 4. The van der Waals surface area contributed by atoms with E-state index in [0.29, 0.717) is 0 Å². The molecule has 0 saturated carbocycles. The number of amides is 1. The average molecular weight is 228 g/mol. The summed E-state index contributed by atoms with van der Waals surface area (Å²) in [6.45, 7) is 3.67. The number of nitrogens with zero attached hydrogens (tertiary/aromatic N) is 1. The number of carboxylic acids is 1. The minimum Gasteiger partial charge on any atom is -0.481 e. The molecule has 0 bridgehead atoms. The summed E-state index contributed by atoms with van der Waals surface area (Å²) in [4.78, 5) is 24.4. The first-order chi connectivity index (χ1) is 7.50. The van der Waals surface area contributed by atoms with Crippen LogP contribution in [0.4, 0.5) is 0 Å². The van der Waals surface area contributed by atoms with Gasteiger partial charge in [0.1, 0.15) is 0 Å². The van der Waals surface area contributed by atoms with Crippen LogP contribution < -0.4 is 16.2 Å². The molecular formula is C9H16N4O3. The normalized spacial score (nSPS) is 38.6. The van der Waals surface area contributed by atoms with E-state index in [9.17, 15) is 9.59 Å².